The molecule has 0 amide bonds. The summed E-state index contributed by atoms with van der Waals surface area (Å²) in [4.78, 5) is 0. The molecule has 1 rings (SSSR count). The zero-order chi connectivity index (χ0) is 7.40. The van der Waals surface area contributed by atoms with Gasteiger partial charge in [0.2, 0.25) is 0 Å². The average Bonchev–Trinajstić information content (AvgIpc) is 1.88. The lowest BCUT2D eigenvalue weighted by Gasteiger charge is -2.12. The summed E-state index contributed by atoms with van der Waals surface area (Å²) in [6, 6.07) is 0. The van der Waals surface area contributed by atoms with E-state index < -0.39 is 0 Å². The van der Waals surface area contributed by atoms with Crippen LogP contribution in [0.2, 0.25) is 0 Å². The molecular formula is C8H13NO. The van der Waals surface area contributed by atoms with Crippen LogP contribution in [0, 0.1) is 0 Å². The molecule has 1 aliphatic rings. The van der Waals surface area contributed by atoms with E-state index in [2.05, 4.69) is 12.2 Å². The van der Waals surface area contributed by atoms with Gasteiger partial charge in [0.25, 0.3) is 0 Å². The molecule has 0 saturated heterocycles. The van der Waals surface area contributed by atoms with Crippen LogP contribution in [0.1, 0.15) is 19.8 Å². The molecule has 1 atom stereocenters. The Morgan fingerprint density at radius 2 is 2.40 bits per heavy atom. The van der Waals surface area contributed by atoms with E-state index in [1.165, 1.54) is 0 Å². The van der Waals surface area contributed by atoms with Gasteiger partial charge in [-0.25, -0.2) is 0 Å². The fraction of sp³-hybridized carbons (Fsp3) is 0.500. The topological polar surface area (TPSA) is 35.2 Å². The summed E-state index contributed by atoms with van der Waals surface area (Å²) in [6.07, 6.45) is 8.10. The number of nitrogens with two attached hydrogens (primary N) is 1. The molecule has 2 nitrogen and oxygen atoms in total. The van der Waals surface area contributed by atoms with Crippen LogP contribution in [-0.4, -0.2) is 6.23 Å². The Morgan fingerprint density at radius 1 is 1.60 bits per heavy atom. The van der Waals surface area contributed by atoms with Gasteiger partial charge in [0.05, 0.1) is 0 Å². The van der Waals surface area contributed by atoms with Crippen molar-refractivity contribution in [3.05, 3.63) is 24.0 Å². The minimum atomic E-state index is -0.200. The first-order valence-corrected chi connectivity index (χ1v) is 3.58. The molecule has 2 heteroatoms. The second-order valence-corrected chi connectivity index (χ2v) is 2.41. The Bertz CT molecular complexity index is 159. The van der Waals surface area contributed by atoms with Crippen molar-refractivity contribution in [2.24, 2.45) is 5.73 Å². The Labute approximate surface area is 61.4 Å². The zero-order valence-corrected chi connectivity index (χ0v) is 6.21. The average molecular weight is 139 g/mol. The molecule has 0 bridgehead atoms. The predicted octanol–water partition coefficient (Wildman–Crippen LogP) is 1.54. The largest absolute Gasteiger partial charge is 0.476 e. The first-order valence-electron chi connectivity index (χ1n) is 3.58. The summed E-state index contributed by atoms with van der Waals surface area (Å²) in [5, 5.41) is 0. The summed E-state index contributed by atoms with van der Waals surface area (Å²) >= 11 is 0. The Morgan fingerprint density at radius 3 is 2.90 bits per heavy atom. The Hall–Kier alpha value is -0.760. The zero-order valence-electron chi connectivity index (χ0n) is 6.21. The molecule has 56 valence electrons. The number of rotatable bonds is 2. The highest BCUT2D eigenvalue weighted by Gasteiger charge is 1.99. The lowest BCUT2D eigenvalue weighted by Crippen LogP contribution is -2.18. The molecule has 0 fully saturated rings. The molecule has 10 heavy (non-hydrogen) atoms. The van der Waals surface area contributed by atoms with Crippen molar-refractivity contribution in [1.82, 2.24) is 0 Å². The fourth-order valence-electron chi connectivity index (χ4n) is 0.891. The molecule has 0 aromatic carbocycles. The van der Waals surface area contributed by atoms with Crippen LogP contribution >= 0.6 is 0 Å². The van der Waals surface area contributed by atoms with Crippen molar-refractivity contribution in [2.45, 2.75) is 26.0 Å². The van der Waals surface area contributed by atoms with E-state index in [1.54, 1.807) is 0 Å². The standard InChI is InChI=1S/C8H13NO/c1-7(9)10-8-5-3-2-4-6-8/h3,5-7H,2,4,9H2,1H3. The highest BCUT2D eigenvalue weighted by Crippen LogP contribution is 2.10. The van der Waals surface area contributed by atoms with Crippen LogP contribution in [-0.2, 0) is 4.74 Å². The highest BCUT2D eigenvalue weighted by molar-refractivity contribution is 5.15. The van der Waals surface area contributed by atoms with Crippen molar-refractivity contribution in [1.29, 1.82) is 0 Å². The van der Waals surface area contributed by atoms with Crippen molar-refractivity contribution in [3.8, 4) is 0 Å². The minimum Gasteiger partial charge on any atom is -0.476 e. The van der Waals surface area contributed by atoms with E-state index in [0.717, 1.165) is 18.6 Å². The lowest BCUT2D eigenvalue weighted by molar-refractivity contribution is 0.146. The maximum absolute atomic E-state index is 5.43. The summed E-state index contributed by atoms with van der Waals surface area (Å²) in [5.74, 6) is 0.904. The molecule has 0 radical (unpaired) electrons. The monoisotopic (exact) mass is 139 g/mol. The van der Waals surface area contributed by atoms with E-state index in [1.807, 2.05) is 13.0 Å². The van der Waals surface area contributed by atoms with Gasteiger partial charge >= 0.3 is 0 Å². The summed E-state index contributed by atoms with van der Waals surface area (Å²) < 4.78 is 5.24. The number of ether oxygens (including phenoxy) is 1. The van der Waals surface area contributed by atoms with Gasteiger partial charge in [-0.3, -0.25) is 5.73 Å². The van der Waals surface area contributed by atoms with Crippen molar-refractivity contribution in [3.63, 3.8) is 0 Å². The van der Waals surface area contributed by atoms with Gasteiger partial charge in [0, 0.05) is 0 Å². The maximum atomic E-state index is 5.43. The fourth-order valence-corrected chi connectivity index (χ4v) is 0.891. The van der Waals surface area contributed by atoms with Gasteiger partial charge in [-0.15, -0.1) is 0 Å². The first kappa shape index (κ1) is 7.35. The van der Waals surface area contributed by atoms with Crippen molar-refractivity contribution >= 4 is 0 Å². The highest BCUT2D eigenvalue weighted by atomic mass is 16.5. The van der Waals surface area contributed by atoms with E-state index in [9.17, 15) is 0 Å². The number of allylic oxidation sites excluding steroid dienone is 3. The maximum Gasteiger partial charge on any atom is 0.144 e. The third-order valence-corrected chi connectivity index (χ3v) is 1.28. The van der Waals surface area contributed by atoms with E-state index in [4.69, 9.17) is 10.5 Å². The van der Waals surface area contributed by atoms with E-state index in [0.29, 0.717) is 0 Å². The summed E-state index contributed by atoms with van der Waals surface area (Å²) in [7, 11) is 0. The lowest BCUT2D eigenvalue weighted by atomic mass is 10.2. The summed E-state index contributed by atoms with van der Waals surface area (Å²) in [6.45, 7) is 1.82. The van der Waals surface area contributed by atoms with E-state index >= 15 is 0 Å². The molecule has 0 aromatic rings. The van der Waals surface area contributed by atoms with Crippen LogP contribution < -0.4 is 5.73 Å². The second-order valence-electron chi connectivity index (χ2n) is 2.41. The minimum absolute atomic E-state index is 0.200. The van der Waals surface area contributed by atoms with Gasteiger partial charge in [-0.1, -0.05) is 6.08 Å². The molecule has 1 aliphatic carbocycles. The molecular weight excluding hydrogens is 126 g/mol. The second kappa shape index (κ2) is 3.42. The van der Waals surface area contributed by atoms with Crippen LogP contribution in [0.5, 0.6) is 0 Å². The molecule has 0 saturated carbocycles. The van der Waals surface area contributed by atoms with Gasteiger partial charge in [0.15, 0.2) is 0 Å². The first-order chi connectivity index (χ1) is 4.79. The predicted molar refractivity (Wildman–Crippen MR) is 41.2 cm³/mol. The quantitative estimate of drug-likeness (QED) is 0.589. The Kier molecular flexibility index (Phi) is 2.51. The summed E-state index contributed by atoms with van der Waals surface area (Å²) in [5.41, 5.74) is 5.43. The molecule has 0 heterocycles. The van der Waals surface area contributed by atoms with Gasteiger partial charge in [0.1, 0.15) is 12.0 Å². The smallest absolute Gasteiger partial charge is 0.144 e. The third kappa shape index (κ3) is 2.23. The van der Waals surface area contributed by atoms with Crippen LogP contribution in [0.3, 0.4) is 0 Å². The molecule has 0 aliphatic heterocycles. The number of hydrogen-bond acceptors (Lipinski definition) is 2. The van der Waals surface area contributed by atoms with Crippen molar-refractivity contribution in [2.75, 3.05) is 0 Å². The molecule has 1 unspecified atom stereocenters. The SMILES string of the molecule is CC(N)OC1=CCCC=C1. The van der Waals surface area contributed by atoms with Gasteiger partial charge in [-0.05, 0) is 31.9 Å². The van der Waals surface area contributed by atoms with Crippen LogP contribution in [0.4, 0.5) is 0 Å². The van der Waals surface area contributed by atoms with Crippen LogP contribution in [0.25, 0.3) is 0 Å². The number of hydrogen-bond donors (Lipinski definition) is 1. The molecule has 0 aromatic heterocycles. The third-order valence-electron chi connectivity index (χ3n) is 1.28. The van der Waals surface area contributed by atoms with Crippen LogP contribution in [0.15, 0.2) is 24.0 Å². The van der Waals surface area contributed by atoms with Gasteiger partial charge in [-0.2, -0.15) is 0 Å². The molecule has 2 N–H and O–H groups in total. The Balaban J connectivity index is 2.40. The normalized spacial score (nSPS) is 20.0. The van der Waals surface area contributed by atoms with Crippen molar-refractivity contribution < 1.29 is 4.74 Å². The molecule has 0 spiro atoms. The van der Waals surface area contributed by atoms with Gasteiger partial charge < -0.3 is 4.74 Å². The van der Waals surface area contributed by atoms with E-state index in [-0.39, 0.29) is 6.23 Å².